The second-order valence-corrected chi connectivity index (χ2v) is 3.85. The number of ketones is 1. The Balaban J connectivity index is 2.08. The van der Waals surface area contributed by atoms with Crippen LogP contribution in [0.15, 0.2) is 34.9 Å². The van der Waals surface area contributed by atoms with Crippen molar-refractivity contribution in [1.29, 1.82) is 0 Å². The molecule has 2 rings (SSSR count). The van der Waals surface area contributed by atoms with Gasteiger partial charge in [-0.25, -0.2) is 0 Å². The summed E-state index contributed by atoms with van der Waals surface area (Å²) in [5, 5.41) is 3.75. The van der Waals surface area contributed by atoms with Crippen LogP contribution in [0.2, 0.25) is 0 Å². The molecule has 0 N–H and O–H groups in total. The van der Waals surface area contributed by atoms with E-state index in [9.17, 15) is 4.79 Å². The maximum atomic E-state index is 11.9. The zero-order valence-electron chi connectivity index (χ0n) is 9.75. The zero-order chi connectivity index (χ0) is 12.3. The van der Waals surface area contributed by atoms with Crippen LogP contribution in [-0.2, 0) is 6.42 Å². The molecule has 0 saturated heterocycles. The Kier molecular flexibility index (Phi) is 3.18. The van der Waals surface area contributed by atoms with Gasteiger partial charge >= 0.3 is 0 Å². The molecule has 0 amide bonds. The minimum Gasteiger partial charge on any atom is -0.344 e. The molecule has 0 fully saturated rings. The van der Waals surface area contributed by atoms with E-state index < -0.39 is 0 Å². The number of hydrogen-bond acceptors (Lipinski definition) is 5. The van der Waals surface area contributed by atoms with Gasteiger partial charge in [0.05, 0.1) is 6.42 Å². The fourth-order valence-corrected chi connectivity index (χ4v) is 1.36. The molecule has 0 aliphatic rings. The molecule has 0 aliphatic carbocycles. The predicted octanol–water partition coefficient (Wildman–Crippen LogP) is 1.56. The summed E-state index contributed by atoms with van der Waals surface area (Å²) in [6, 6.07) is 9.06. The van der Waals surface area contributed by atoms with Crippen molar-refractivity contribution in [3.05, 3.63) is 41.8 Å². The highest BCUT2D eigenvalue weighted by Gasteiger charge is 2.13. The first-order chi connectivity index (χ1) is 8.16. The van der Waals surface area contributed by atoms with Crippen LogP contribution in [0, 0.1) is 0 Å². The van der Waals surface area contributed by atoms with Crippen LogP contribution in [-0.4, -0.2) is 30.0 Å². The highest BCUT2D eigenvalue weighted by molar-refractivity contribution is 5.96. The Bertz CT molecular complexity index is 505. The Morgan fingerprint density at radius 3 is 2.59 bits per heavy atom. The van der Waals surface area contributed by atoms with Crippen molar-refractivity contribution in [1.82, 2.24) is 10.1 Å². The van der Waals surface area contributed by atoms with Crippen molar-refractivity contribution in [3.8, 4) is 0 Å². The third-order valence-electron chi connectivity index (χ3n) is 2.26. The summed E-state index contributed by atoms with van der Waals surface area (Å²) in [5.74, 6) is 0.781. The standard InChI is InChI=1S/C12H13N3O2/c1-15(2)12-13-11(17-14-12)8-10(16)9-6-4-3-5-7-9/h3-7H,8H2,1-2H3. The average Bonchev–Trinajstić information content (AvgIpc) is 2.79. The van der Waals surface area contributed by atoms with Crippen molar-refractivity contribution >= 4 is 11.7 Å². The number of carbonyl (C=O) groups excluding carboxylic acids is 1. The Labute approximate surface area is 99.1 Å². The number of rotatable bonds is 4. The van der Waals surface area contributed by atoms with Crippen LogP contribution in [0.25, 0.3) is 0 Å². The van der Waals surface area contributed by atoms with Gasteiger partial charge in [-0.2, -0.15) is 4.98 Å². The predicted molar refractivity (Wildman–Crippen MR) is 63.1 cm³/mol. The molecule has 1 aromatic carbocycles. The highest BCUT2D eigenvalue weighted by Crippen LogP contribution is 2.09. The summed E-state index contributed by atoms with van der Waals surface area (Å²) < 4.78 is 4.99. The molecular formula is C12H13N3O2. The molecule has 1 heterocycles. The van der Waals surface area contributed by atoms with Crippen LogP contribution in [0.4, 0.5) is 5.95 Å². The van der Waals surface area contributed by atoms with E-state index in [1.54, 1.807) is 17.0 Å². The van der Waals surface area contributed by atoms with E-state index in [2.05, 4.69) is 10.1 Å². The summed E-state index contributed by atoms with van der Waals surface area (Å²) in [6.07, 6.45) is 0.130. The molecule has 5 heteroatoms. The second kappa shape index (κ2) is 4.78. The Morgan fingerprint density at radius 1 is 1.29 bits per heavy atom. The van der Waals surface area contributed by atoms with Crippen LogP contribution >= 0.6 is 0 Å². The molecule has 0 spiro atoms. The molecule has 0 aliphatic heterocycles. The smallest absolute Gasteiger partial charge is 0.265 e. The fourth-order valence-electron chi connectivity index (χ4n) is 1.36. The van der Waals surface area contributed by atoms with Gasteiger partial charge in [-0.15, -0.1) is 0 Å². The first-order valence-corrected chi connectivity index (χ1v) is 5.25. The molecule has 2 aromatic rings. The molecule has 0 radical (unpaired) electrons. The van der Waals surface area contributed by atoms with Crippen molar-refractivity contribution in [3.63, 3.8) is 0 Å². The molecule has 17 heavy (non-hydrogen) atoms. The first-order valence-electron chi connectivity index (χ1n) is 5.25. The Hall–Kier alpha value is -2.17. The molecule has 5 nitrogen and oxygen atoms in total. The van der Waals surface area contributed by atoms with Crippen molar-refractivity contribution < 1.29 is 9.32 Å². The van der Waals surface area contributed by atoms with Gasteiger partial charge in [0.1, 0.15) is 0 Å². The average molecular weight is 231 g/mol. The lowest BCUT2D eigenvalue weighted by atomic mass is 10.1. The van der Waals surface area contributed by atoms with E-state index in [-0.39, 0.29) is 12.2 Å². The van der Waals surface area contributed by atoms with Gasteiger partial charge in [-0.1, -0.05) is 30.3 Å². The van der Waals surface area contributed by atoms with Crippen LogP contribution in [0.5, 0.6) is 0 Å². The van der Waals surface area contributed by atoms with E-state index in [0.29, 0.717) is 17.4 Å². The zero-order valence-corrected chi connectivity index (χ0v) is 9.75. The summed E-state index contributed by atoms with van der Waals surface area (Å²) >= 11 is 0. The topological polar surface area (TPSA) is 59.2 Å². The summed E-state index contributed by atoms with van der Waals surface area (Å²) in [6.45, 7) is 0. The minimum absolute atomic E-state index is 0.0282. The summed E-state index contributed by atoms with van der Waals surface area (Å²) in [5.41, 5.74) is 0.650. The SMILES string of the molecule is CN(C)c1noc(CC(=O)c2ccccc2)n1. The van der Waals surface area contributed by atoms with E-state index in [0.717, 1.165) is 0 Å². The third kappa shape index (κ3) is 2.69. The van der Waals surface area contributed by atoms with Gasteiger partial charge in [-0.05, 0) is 5.16 Å². The largest absolute Gasteiger partial charge is 0.344 e. The molecule has 0 bridgehead atoms. The number of Topliss-reactive ketones (excluding diaryl/α,β-unsaturated/α-hetero) is 1. The molecule has 0 unspecified atom stereocenters. The maximum Gasteiger partial charge on any atom is 0.265 e. The van der Waals surface area contributed by atoms with Gasteiger partial charge in [-0.3, -0.25) is 4.79 Å². The van der Waals surface area contributed by atoms with E-state index >= 15 is 0 Å². The monoisotopic (exact) mass is 231 g/mol. The molecule has 1 aromatic heterocycles. The van der Waals surface area contributed by atoms with E-state index in [4.69, 9.17) is 4.52 Å². The maximum absolute atomic E-state index is 11.9. The number of anilines is 1. The number of aromatic nitrogens is 2. The van der Waals surface area contributed by atoms with Crippen LogP contribution in [0.1, 0.15) is 16.2 Å². The van der Waals surface area contributed by atoms with E-state index in [1.165, 1.54) is 0 Å². The summed E-state index contributed by atoms with van der Waals surface area (Å²) in [7, 11) is 3.63. The second-order valence-electron chi connectivity index (χ2n) is 3.85. The Morgan fingerprint density at radius 2 is 2.00 bits per heavy atom. The van der Waals surface area contributed by atoms with Gasteiger partial charge < -0.3 is 9.42 Å². The number of carbonyl (C=O) groups is 1. The van der Waals surface area contributed by atoms with Gasteiger partial charge in [0, 0.05) is 19.7 Å². The van der Waals surface area contributed by atoms with Gasteiger partial charge in [0.25, 0.3) is 5.95 Å². The molecule has 0 saturated carbocycles. The molecule has 0 atom stereocenters. The fraction of sp³-hybridized carbons (Fsp3) is 0.250. The van der Waals surface area contributed by atoms with Crippen molar-refractivity contribution in [2.45, 2.75) is 6.42 Å². The lowest BCUT2D eigenvalue weighted by Crippen LogP contribution is -2.10. The highest BCUT2D eigenvalue weighted by atomic mass is 16.5. The quantitative estimate of drug-likeness (QED) is 0.747. The first kappa shape index (κ1) is 11.3. The lowest BCUT2D eigenvalue weighted by molar-refractivity contribution is 0.0983. The number of benzene rings is 1. The molecule has 88 valence electrons. The number of hydrogen-bond donors (Lipinski definition) is 0. The normalized spacial score (nSPS) is 10.2. The number of nitrogens with zero attached hydrogens (tertiary/aromatic N) is 3. The van der Waals surface area contributed by atoms with Gasteiger partial charge in [0.15, 0.2) is 5.78 Å². The lowest BCUT2D eigenvalue weighted by Gasteiger charge is -2.02. The van der Waals surface area contributed by atoms with Crippen LogP contribution < -0.4 is 4.90 Å². The minimum atomic E-state index is -0.0282. The molecular weight excluding hydrogens is 218 g/mol. The van der Waals surface area contributed by atoms with Crippen molar-refractivity contribution in [2.24, 2.45) is 0 Å². The summed E-state index contributed by atoms with van der Waals surface area (Å²) in [4.78, 5) is 17.7. The van der Waals surface area contributed by atoms with Crippen LogP contribution in [0.3, 0.4) is 0 Å². The third-order valence-corrected chi connectivity index (χ3v) is 2.26. The van der Waals surface area contributed by atoms with E-state index in [1.807, 2.05) is 32.3 Å². The van der Waals surface area contributed by atoms with Crippen molar-refractivity contribution in [2.75, 3.05) is 19.0 Å². The van der Waals surface area contributed by atoms with Gasteiger partial charge in [0.2, 0.25) is 5.89 Å².